The van der Waals surface area contributed by atoms with E-state index in [0.29, 0.717) is 25.6 Å². The molecule has 0 aliphatic carbocycles. The van der Waals surface area contributed by atoms with Gasteiger partial charge in [0.25, 0.3) is 0 Å². The molecular formula is C22H34IN5O2. The summed E-state index contributed by atoms with van der Waals surface area (Å²) in [6.45, 7) is 8.49. The van der Waals surface area contributed by atoms with Crippen LogP contribution in [0.25, 0.3) is 0 Å². The molecule has 2 aromatic rings. The summed E-state index contributed by atoms with van der Waals surface area (Å²) in [5.41, 5.74) is 3.48. The van der Waals surface area contributed by atoms with Gasteiger partial charge < -0.3 is 25.0 Å². The Kier molecular flexibility index (Phi) is 12.8. The molecule has 1 heterocycles. The Morgan fingerprint density at radius 2 is 2.00 bits per heavy atom. The molecule has 7 nitrogen and oxygen atoms in total. The molecule has 0 atom stereocenters. The lowest BCUT2D eigenvalue weighted by Crippen LogP contribution is -2.41. The molecule has 30 heavy (non-hydrogen) atoms. The third kappa shape index (κ3) is 8.74. The van der Waals surface area contributed by atoms with Crippen LogP contribution in [0, 0.1) is 6.92 Å². The van der Waals surface area contributed by atoms with E-state index in [-0.39, 0.29) is 24.0 Å². The number of likely N-dealkylation sites (N-methyl/N-ethyl adjacent to an activating group) is 1. The molecule has 0 saturated carbocycles. The van der Waals surface area contributed by atoms with Crippen molar-refractivity contribution in [3.63, 3.8) is 0 Å². The lowest BCUT2D eigenvalue weighted by Gasteiger charge is -2.24. The number of nitrogens with zero attached hydrogens (tertiary/aromatic N) is 3. The van der Waals surface area contributed by atoms with Crippen molar-refractivity contribution in [3.8, 4) is 5.88 Å². The van der Waals surface area contributed by atoms with Gasteiger partial charge in [-0.05, 0) is 37.6 Å². The number of nitrogens with one attached hydrogen (secondary N) is 2. The third-order valence-electron chi connectivity index (χ3n) is 4.47. The summed E-state index contributed by atoms with van der Waals surface area (Å²) < 4.78 is 10.7. The van der Waals surface area contributed by atoms with Crippen molar-refractivity contribution in [1.82, 2.24) is 15.6 Å². The summed E-state index contributed by atoms with van der Waals surface area (Å²) in [7, 11) is 3.42. The standard InChI is InChI=1S/C22H33N5O2.HI/c1-5-27(20-10-6-8-18(2)16-20)13-12-25-22(23-3)26-17-19-9-7-11-24-21(19)29-15-14-28-4;/h6-11,16H,5,12-15,17H2,1-4H3,(H2,23,25,26);1H. The summed E-state index contributed by atoms with van der Waals surface area (Å²) in [5.74, 6) is 1.36. The number of aromatic nitrogens is 1. The molecule has 0 bridgehead atoms. The van der Waals surface area contributed by atoms with Gasteiger partial charge in [-0.2, -0.15) is 0 Å². The van der Waals surface area contributed by atoms with E-state index < -0.39 is 0 Å². The van der Waals surface area contributed by atoms with Crippen LogP contribution >= 0.6 is 24.0 Å². The number of pyridine rings is 1. The van der Waals surface area contributed by atoms with Crippen LogP contribution < -0.4 is 20.3 Å². The van der Waals surface area contributed by atoms with E-state index in [1.165, 1.54) is 11.3 Å². The fourth-order valence-electron chi connectivity index (χ4n) is 2.91. The minimum Gasteiger partial charge on any atom is -0.475 e. The van der Waals surface area contributed by atoms with E-state index in [1.807, 2.05) is 12.1 Å². The monoisotopic (exact) mass is 527 g/mol. The summed E-state index contributed by atoms with van der Waals surface area (Å²) in [5, 5.41) is 6.70. The van der Waals surface area contributed by atoms with Crippen LogP contribution in [-0.2, 0) is 11.3 Å². The number of rotatable bonds is 11. The van der Waals surface area contributed by atoms with Gasteiger partial charge in [0.1, 0.15) is 6.61 Å². The highest BCUT2D eigenvalue weighted by molar-refractivity contribution is 14.0. The van der Waals surface area contributed by atoms with Gasteiger partial charge in [0.05, 0.1) is 6.61 Å². The van der Waals surface area contributed by atoms with Gasteiger partial charge in [0.15, 0.2) is 5.96 Å². The zero-order valence-electron chi connectivity index (χ0n) is 18.4. The van der Waals surface area contributed by atoms with Crippen LogP contribution in [0.3, 0.4) is 0 Å². The Labute approximate surface area is 197 Å². The van der Waals surface area contributed by atoms with E-state index in [0.717, 1.165) is 31.2 Å². The van der Waals surface area contributed by atoms with Crippen LogP contribution in [0.5, 0.6) is 5.88 Å². The Bertz CT molecular complexity index is 773. The van der Waals surface area contributed by atoms with Crippen LogP contribution in [0.15, 0.2) is 47.6 Å². The van der Waals surface area contributed by atoms with Crippen molar-refractivity contribution in [2.45, 2.75) is 20.4 Å². The Balaban J connectivity index is 0.00000450. The number of hydrogen-bond donors (Lipinski definition) is 2. The van der Waals surface area contributed by atoms with Gasteiger partial charge in [-0.25, -0.2) is 4.98 Å². The predicted octanol–water partition coefficient (Wildman–Crippen LogP) is 3.22. The molecule has 0 spiro atoms. The summed E-state index contributed by atoms with van der Waals surface area (Å²) in [4.78, 5) is 11.0. The zero-order chi connectivity index (χ0) is 20.9. The van der Waals surface area contributed by atoms with Gasteiger partial charge in [-0.3, -0.25) is 4.99 Å². The summed E-state index contributed by atoms with van der Waals surface area (Å²) in [6, 6.07) is 12.5. The van der Waals surface area contributed by atoms with Gasteiger partial charge >= 0.3 is 0 Å². The number of hydrogen-bond acceptors (Lipinski definition) is 5. The lowest BCUT2D eigenvalue weighted by atomic mass is 10.2. The molecule has 1 aromatic heterocycles. The number of anilines is 1. The molecule has 2 rings (SSSR count). The first-order valence-corrected chi connectivity index (χ1v) is 9.99. The van der Waals surface area contributed by atoms with Gasteiger partial charge in [0.2, 0.25) is 5.88 Å². The van der Waals surface area contributed by atoms with Crippen LogP contribution in [0.1, 0.15) is 18.1 Å². The Hall–Kier alpha value is -2.07. The first kappa shape index (κ1) is 26.0. The smallest absolute Gasteiger partial charge is 0.218 e. The predicted molar refractivity (Wildman–Crippen MR) is 134 cm³/mol. The van der Waals surface area contributed by atoms with E-state index in [1.54, 1.807) is 20.4 Å². The van der Waals surface area contributed by atoms with Crippen molar-refractivity contribution in [2.75, 3.05) is 51.9 Å². The molecule has 0 unspecified atom stereocenters. The molecular weight excluding hydrogens is 493 g/mol. The minimum absolute atomic E-state index is 0. The first-order valence-electron chi connectivity index (χ1n) is 9.99. The maximum absolute atomic E-state index is 5.69. The second kappa shape index (κ2) is 14.8. The minimum atomic E-state index is 0. The van der Waals surface area contributed by atoms with Crippen molar-refractivity contribution in [1.29, 1.82) is 0 Å². The van der Waals surface area contributed by atoms with Crippen LogP contribution in [0.2, 0.25) is 0 Å². The molecule has 0 saturated heterocycles. The van der Waals surface area contributed by atoms with Crippen molar-refractivity contribution in [2.24, 2.45) is 4.99 Å². The maximum Gasteiger partial charge on any atom is 0.218 e. The summed E-state index contributed by atoms with van der Waals surface area (Å²) in [6.07, 6.45) is 1.73. The second-order valence-electron chi connectivity index (χ2n) is 6.58. The molecule has 0 aliphatic rings. The normalized spacial score (nSPS) is 10.9. The number of benzene rings is 1. The zero-order valence-corrected chi connectivity index (χ0v) is 20.7. The first-order chi connectivity index (χ1) is 14.2. The summed E-state index contributed by atoms with van der Waals surface area (Å²) >= 11 is 0. The van der Waals surface area contributed by atoms with E-state index in [9.17, 15) is 0 Å². The van der Waals surface area contributed by atoms with Gasteiger partial charge in [-0.1, -0.05) is 18.2 Å². The molecule has 0 amide bonds. The third-order valence-corrected chi connectivity index (χ3v) is 4.47. The number of aliphatic imine (C=N–C) groups is 1. The molecule has 1 aromatic carbocycles. The van der Waals surface area contributed by atoms with Crippen molar-refractivity contribution >= 4 is 35.6 Å². The topological polar surface area (TPSA) is 71.0 Å². The lowest BCUT2D eigenvalue weighted by molar-refractivity contribution is 0.143. The van der Waals surface area contributed by atoms with Crippen molar-refractivity contribution in [3.05, 3.63) is 53.7 Å². The Morgan fingerprint density at radius 3 is 2.70 bits per heavy atom. The van der Waals surface area contributed by atoms with Gasteiger partial charge in [0, 0.05) is 57.8 Å². The van der Waals surface area contributed by atoms with E-state index in [2.05, 4.69) is 63.6 Å². The highest BCUT2D eigenvalue weighted by Gasteiger charge is 2.07. The fraction of sp³-hybridized carbons (Fsp3) is 0.455. The molecule has 0 fully saturated rings. The highest BCUT2D eigenvalue weighted by atomic mass is 127. The van der Waals surface area contributed by atoms with E-state index >= 15 is 0 Å². The van der Waals surface area contributed by atoms with E-state index in [4.69, 9.17) is 9.47 Å². The molecule has 8 heteroatoms. The number of ether oxygens (including phenoxy) is 2. The largest absolute Gasteiger partial charge is 0.475 e. The van der Waals surface area contributed by atoms with Crippen LogP contribution in [-0.4, -0.2) is 57.9 Å². The fourth-order valence-corrected chi connectivity index (χ4v) is 2.91. The molecule has 166 valence electrons. The average molecular weight is 527 g/mol. The average Bonchev–Trinajstić information content (AvgIpc) is 2.74. The Morgan fingerprint density at radius 1 is 1.17 bits per heavy atom. The highest BCUT2D eigenvalue weighted by Crippen LogP contribution is 2.15. The maximum atomic E-state index is 5.69. The van der Waals surface area contributed by atoms with Gasteiger partial charge in [-0.15, -0.1) is 24.0 Å². The second-order valence-corrected chi connectivity index (χ2v) is 6.58. The SMILES string of the molecule is CCN(CCNC(=NC)NCc1cccnc1OCCOC)c1cccc(C)c1.I. The number of halogens is 1. The molecule has 2 N–H and O–H groups in total. The number of aryl methyl sites for hydroxylation is 1. The number of guanidine groups is 1. The quantitative estimate of drug-likeness (QED) is 0.203. The van der Waals surface area contributed by atoms with Crippen molar-refractivity contribution < 1.29 is 9.47 Å². The molecule has 0 aliphatic heterocycles. The molecule has 0 radical (unpaired) electrons. The number of methoxy groups -OCH3 is 1. The van der Waals surface area contributed by atoms with Crippen LogP contribution in [0.4, 0.5) is 5.69 Å².